The Kier molecular flexibility index (Phi) is 13.7. The summed E-state index contributed by atoms with van der Waals surface area (Å²) in [5.41, 5.74) is 0. The van der Waals surface area contributed by atoms with Gasteiger partial charge >= 0.3 is 11.9 Å². The largest absolute Gasteiger partial charge is 0.481 e. The van der Waals surface area contributed by atoms with Crippen LogP contribution in [0.1, 0.15) is 103 Å². The summed E-state index contributed by atoms with van der Waals surface area (Å²) in [7, 11) is 0. The summed E-state index contributed by atoms with van der Waals surface area (Å²) in [6.45, 7) is 2.15. The van der Waals surface area contributed by atoms with E-state index in [1.54, 1.807) is 0 Å². The highest BCUT2D eigenvalue weighted by Gasteiger charge is 2.26. The van der Waals surface area contributed by atoms with E-state index in [0.717, 1.165) is 57.8 Å². The van der Waals surface area contributed by atoms with Gasteiger partial charge in [-0.1, -0.05) is 70.4 Å². The van der Waals surface area contributed by atoms with Crippen molar-refractivity contribution in [3.05, 3.63) is 12.2 Å². The predicted octanol–water partition coefficient (Wildman–Crippen LogP) is 5.81. The number of carbonyl (C=O) groups is 2. The van der Waals surface area contributed by atoms with Crippen LogP contribution in [0.4, 0.5) is 0 Å². The van der Waals surface area contributed by atoms with Gasteiger partial charge in [0.1, 0.15) is 0 Å². The number of aliphatic carboxylic acids is 2. The third-order valence-electron chi connectivity index (χ3n) is 6.38. The van der Waals surface area contributed by atoms with Crippen molar-refractivity contribution in [1.29, 1.82) is 0 Å². The molecule has 2 unspecified atom stereocenters. The van der Waals surface area contributed by atoms with Gasteiger partial charge in [-0.2, -0.15) is 0 Å². The number of hydrogen-bond acceptors (Lipinski definition) is 3. The van der Waals surface area contributed by atoms with E-state index in [0.29, 0.717) is 18.3 Å². The van der Waals surface area contributed by atoms with Crippen molar-refractivity contribution < 1.29 is 24.9 Å². The number of aliphatic hydroxyl groups is 1. The number of unbranched alkanes of at least 4 members (excludes halogenated alkanes) is 6. The molecule has 0 saturated heterocycles. The number of rotatable bonds is 17. The third-order valence-corrected chi connectivity index (χ3v) is 6.38. The fourth-order valence-electron chi connectivity index (χ4n) is 4.58. The van der Waals surface area contributed by atoms with Crippen LogP contribution in [-0.2, 0) is 9.59 Å². The maximum absolute atomic E-state index is 11.2. The normalized spacial score (nSPS) is 21.4. The maximum Gasteiger partial charge on any atom is 0.332 e. The number of hydrogen-bond donors (Lipinski definition) is 3. The highest BCUT2D eigenvalue weighted by molar-refractivity contribution is 5.72. The zero-order chi connectivity index (χ0) is 21.5. The summed E-state index contributed by atoms with van der Waals surface area (Å²) in [5, 5.41) is 27.9. The van der Waals surface area contributed by atoms with Gasteiger partial charge in [-0.3, -0.25) is 4.79 Å². The molecule has 1 aliphatic carbocycles. The first-order valence-electron chi connectivity index (χ1n) is 11.7. The van der Waals surface area contributed by atoms with Gasteiger partial charge in [-0.15, -0.1) is 0 Å². The van der Waals surface area contributed by atoms with Crippen molar-refractivity contribution in [3.63, 3.8) is 0 Å². The van der Waals surface area contributed by atoms with Crippen LogP contribution in [0.5, 0.6) is 0 Å². The number of carboxylic acids is 2. The monoisotopic (exact) mass is 410 g/mol. The van der Waals surface area contributed by atoms with Crippen molar-refractivity contribution >= 4 is 11.9 Å². The van der Waals surface area contributed by atoms with Gasteiger partial charge in [0.15, 0.2) is 6.10 Å². The minimum Gasteiger partial charge on any atom is -0.481 e. The lowest BCUT2D eigenvalue weighted by molar-refractivity contribution is -0.149. The van der Waals surface area contributed by atoms with E-state index in [2.05, 4.69) is 19.1 Å². The molecule has 0 aromatic heterocycles. The van der Waals surface area contributed by atoms with Gasteiger partial charge in [-0.05, 0) is 56.3 Å². The van der Waals surface area contributed by atoms with Crippen LogP contribution in [0.3, 0.4) is 0 Å². The molecule has 0 aromatic rings. The third kappa shape index (κ3) is 11.4. The fraction of sp³-hybridized carbons (Fsp3) is 0.833. The molecule has 0 spiro atoms. The Morgan fingerprint density at radius 1 is 1.00 bits per heavy atom. The average Bonchev–Trinajstić information content (AvgIpc) is 3.12. The van der Waals surface area contributed by atoms with Crippen molar-refractivity contribution in [1.82, 2.24) is 0 Å². The molecule has 5 heteroatoms. The molecule has 0 bridgehead atoms. The summed E-state index contributed by atoms with van der Waals surface area (Å²) in [4.78, 5) is 21.8. The summed E-state index contributed by atoms with van der Waals surface area (Å²) >= 11 is 0. The summed E-state index contributed by atoms with van der Waals surface area (Å²) in [6.07, 6.45) is 18.1. The van der Waals surface area contributed by atoms with Crippen LogP contribution in [0, 0.1) is 17.8 Å². The summed E-state index contributed by atoms with van der Waals surface area (Å²) in [6, 6.07) is 0. The molecule has 0 heterocycles. The van der Waals surface area contributed by atoms with Gasteiger partial charge < -0.3 is 15.3 Å². The quantitative estimate of drug-likeness (QED) is 0.208. The topological polar surface area (TPSA) is 94.8 Å². The Labute approximate surface area is 176 Å². The van der Waals surface area contributed by atoms with Crippen molar-refractivity contribution in [2.45, 2.75) is 109 Å². The second-order valence-corrected chi connectivity index (χ2v) is 8.76. The molecular weight excluding hydrogens is 368 g/mol. The number of allylic oxidation sites excluding steroid dienone is 2. The first kappa shape index (κ1) is 25.7. The van der Waals surface area contributed by atoms with Gasteiger partial charge in [0.05, 0.1) is 0 Å². The maximum atomic E-state index is 11.2. The van der Waals surface area contributed by atoms with Crippen LogP contribution < -0.4 is 0 Å². The highest BCUT2D eigenvalue weighted by Crippen LogP contribution is 2.36. The van der Waals surface area contributed by atoms with Crippen LogP contribution in [0.2, 0.25) is 0 Å². The zero-order valence-corrected chi connectivity index (χ0v) is 18.2. The smallest absolute Gasteiger partial charge is 0.332 e. The summed E-state index contributed by atoms with van der Waals surface area (Å²) < 4.78 is 0. The molecule has 1 rings (SSSR count). The Morgan fingerprint density at radius 2 is 1.72 bits per heavy atom. The number of aliphatic hydroxyl groups excluding tert-OH is 1. The molecule has 3 N–H and O–H groups in total. The molecule has 0 amide bonds. The van der Waals surface area contributed by atoms with Gasteiger partial charge in [0.25, 0.3) is 0 Å². The van der Waals surface area contributed by atoms with E-state index < -0.39 is 18.0 Å². The predicted molar refractivity (Wildman–Crippen MR) is 116 cm³/mol. The molecule has 1 fully saturated rings. The second-order valence-electron chi connectivity index (χ2n) is 8.76. The minimum absolute atomic E-state index is 0.199. The molecule has 0 radical (unpaired) electrons. The van der Waals surface area contributed by atoms with Gasteiger partial charge in [-0.25, -0.2) is 4.79 Å². The Hall–Kier alpha value is -1.36. The van der Waals surface area contributed by atoms with Crippen LogP contribution in [0.25, 0.3) is 0 Å². The fourth-order valence-corrected chi connectivity index (χ4v) is 4.58. The lowest BCUT2D eigenvalue weighted by Crippen LogP contribution is -2.29. The Morgan fingerprint density at radius 3 is 2.41 bits per heavy atom. The Balaban J connectivity index is 2.38. The first-order chi connectivity index (χ1) is 14.0. The first-order valence-corrected chi connectivity index (χ1v) is 11.7. The van der Waals surface area contributed by atoms with Gasteiger partial charge in [0, 0.05) is 6.42 Å². The van der Waals surface area contributed by atoms with Gasteiger partial charge in [0.2, 0.25) is 0 Å². The second kappa shape index (κ2) is 15.5. The number of carboxylic acid groups (broad SMARTS) is 2. The van der Waals surface area contributed by atoms with E-state index in [1.165, 1.54) is 25.7 Å². The van der Waals surface area contributed by atoms with E-state index >= 15 is 0 Å². The van der Waals surface area contributed by atoms with Crippen LogP contribution in [0.15, 0.2) is 12.2 Å². The van der Waals surface area contributed by atoms with E-state index in [4.69, 9.17) is 5.11 Å². The lowest BCUT2D eigenvalue weighted by Gasteiger charge is -2.19. The molecule has 0 aliphatic heterocycles. The molecule has 5 nitrogen and oxygen atoms in total. The van der Waals surface area contributed by atoms with Crippen LogP contribution >= 0.6 is 0 Å². The van der Waals surface area contributed by atoms with E-state index in [-0.39, 0.29) is 12.3 Å². The van der Waals surface area contributed by atoms with E-state index in [9.17, 15) is 19.8 Å². The molecular formula is C24H42O5. The van der Waals surface area contributed by atoms with E-state index in [1.807, 2.05) is 0 Å². The summed E-state index contributed by atoms with van der Waals surface area (Å²) in [5.74, 6) is -0.757. The standard InChI is InChI=1S/C24H42O5/c1-2-3-4-7-13-21(23(27)24(28)29)17-11-16-20-15-10-14-19(20)12-8-5-6-9-18-22(25)26/h11,16,19-21,23,27H,2-10,12-15,17-18H2,1H3,(H,25,26)(H,28,29)/t19-,20+,21?,23?/m0/s1. The molecule has 1 aliphatic rings. The minimum atomic E-state index is -1.27. The van der Waals surface area contributed by atoms with Crippen molar-refractivity contribution in [3.8, 4) is 0 Å². The molecule has 168 valence electrons. The highest BCUT2D eigenvalue weighted by atomic mass is 16.4. The molecule has 4 atom stereocenters. The molecule has 1 saturated carbocycles. The molecule has 0 aromatic carbocycles. The van der Waals surface area contributed by atoms with Crippen molar-refractivity contribution in [2.24, 2.45) is 17.8 Å². The lowest BCUT2D eigenvalue weighted by atomic mass is 9.88. The SMILES string of the molecule is CCCCCCC(CC=C[C@H]1CCC[C@@H]1CCCCCCC(=O)O)C(O)C(=O)O. The Bertz CT molecular complexity index is 488. The van der Waals surface area contributed by atoms with Crippen LogP contribution in [-0.4, -0.2) is 33.4 Å². The molecule has 29 heavy (non-hydrogen) atoms. The zero-order valence-electron chi connectivity index (χ0n) is 18.2. The average molecular weight is 411 g/mol. The van der Waals surface area contributed by atoms with Crippen molar-refractivity contribution in [2.75, 3.05) is 0 Å².